The highest BCUT2D eigenvalue weighted by molar-refractivity contribution is 14.0. The third-order valence-corrected chi connectivity index (χ3v) is 6.74. The molecule has 1 aromatic heterocycles. The summed E-state index contributed by atoms with van der Waals surface area (Å²) in [4.78, 5) is 18.2. The van der Waals surface area contributed by atoms with Crippen LogP contribution in [0.5, 0.6) is 0 Å². The minimum Gasteiger partial charge on any atom is -0.444 e. The molecule has 1 aromatic rings. The molecule has 0 aromatic carbocycles. The molecule has 1 amide bonds. The summed E-state index contributed by atoms with van der Waals surface area (Å²) >= 11 is 1.18. The first kappa shape index (κ1) is 25.9. The fourth-order valence-electron chi connectivity index (χ4n) is 2.72. The highest BCUT2D eigenvalue weighted by Crippen LogP contribution is 2.15. The molecule has 29 heavy (non-hydrogen) atoms. The van der Waals surface area contributed by atoms with Gasteiger partial charge in [0.1, 0.15) is 9.81 Å². The van der Waals surface area contributed by atoms with E-state index in [2.05, 4.69) is 20.3 Å². The van der Waals surface area contributed by atoms with Crippen LogP contribution in [-0.4, -0.2) is 70.2 Å². The van der Waals surface area contributed by atoms with Crippen molar-refractivity contribution in [1.82, 2.24) is 20.3 Å². The van der Waals surface area contributed by atoms with E-state index in [4.69, 9.17) is 4.74 Å². The van der Waals surface area contributed by atoms with Gasteiger partial charge < -0.3 is 20.3 Å². The van der Waals surface area contributed by atoms with Gasteiger partial charge in [-0.2, -0.15) is 0 Å². The molecule has 0 radical (unpaired) electrons. The predicted molar refractivity (Wildman–Crippen MR) is 126 cm³/mol. The first-order chi connectivity index (χ1) is 13.1. The van der Waals surface area contributed by atoms with E-state index in [0.29, 0.717) is 23.3 Å². The molecule has 1 saturated heterocycles. The number of guanidine groups is 1. The number of thiophene rings is 1. The van der Waals surface area contributed by atoms with E-state index in [0.717, 1.165) is 13.0 Å². The average molecular weight is 559 g/mol. The maximum Gasteiger partial charge on any atom is 0.407 e. The number of hydrogen-bond acceptors (Lipinski definition) is 6. The zero-order valence-corrected chi connectivity index (χ0v) is 21.1. The van der Waals surface area contributed by atoms with Crippen LogP contribution in [0.3, 0.4) is 0 Å². The van der Waals surface area contributed by atoms with Crippen molar-refractivity contribution in [2.45, 2.75) is 43.0 Å². The van der Waals surface area contributed by atoms with Gasteiger partial charge in [0.05, 0.1) is 6.04 Å². The zero-order valence-electron chi connectivity index (χ0n) is 17.1. The van der Waals surface area contributed by atoms with E-state index in [1.165, 1.54) is 11.3 Å². The van der Waals surface area contributed by atoms with Crippen molar-refractivity contribution in [1.29, 1.82) is 0 Å². The second kappa shape index (κ2) is 11.3. The van der Waals surface area contributed by atoms with Crippen LogP contribution in [0.25, 0.3) is 0 Å². The van der Waals surface area contributed by atoms with E-state index in [1.54, 1.807) is 24.6 Å². The monoisotopic (exact) mass is 559 g/mol. The van der Waals surface area contributed by atoms with Crippen molar-refractivity contribution in [3.63, 3.8) is 0 Å². The quantitative estimate of drug-likeness (QED) is 0.212. The molecule has 1 atom stereocenters. The highest BCUT2D eigenvalue weighted by atomic mass is 127. The van der Waals surface area contributed by atoms with E-state index in [9.17, 15) is 13.2 Å². The fraction of sp³-hybridized carbons (Fsp3) is 0.647. The summed E-state index contributed by atoms with van der Waals surface area (Å²) in [5, 5.41) is 7.75. The number of rotatable bonds is 6. The van der Waals surface area contributed by atoms with E-state index >= 15 is 0 Å². The van der Waals surface area contributed by atoms with Gasteiger partial charge in [0.15, 0.2) is 5.96 Å². The first-order valence-electron chi connectivity index (χ1n) is 9.09. The maximum atomic E-state index is 12.1. The molecule has 0 saturated carbocycles. The van der Waals surface area contributed by atoms with Gasteiger partial charge in [-0.25, -0.2) is 17.9 Å². The van der Waals surface area contributed by atoms with Crippen LogP contribution >= 0.6 is 35.3 Å². The summed E-state index contributed by atoms with van der Waals surface area (Å²) in [6.07, 6.45) is 0.357. The molecule has 1 aliphatic rings. The Morgan fingerprint density at radius 3 is 2.69 bits per heavy atom. The number of aliphatic imine (C=N–C) groups is 1. The van der Waals surface area contributed by atoms with Crippen LogP contribution in [0.4, 0.5) is 4.79 Å². The SMILES string of the molecule is CN=C(NCCNS(=O)(=O)c1cccs1)N1CCC(NC(=O)OC(C)(C)C)C1.I. The first-order valence-corrected chi connectivity index (χ1v) is 11.5. The molecule has 1 unspecified atom stereocenters. The second-order valence-corrected chi connectivity index (χ2v) is 10.3. The zero-order chi connectivity index (χ0) is 20.8. The number of likely N-dealkylation sites (tertiary alicyclic amines) is 1. The van der Waals surface area contributed by atoms with Crippen molar-refractivity contribution in [2.24, 2.45) is 4.99 Å². The molecule has 166 valence electrons. The van der Waals surface area contributed by atoms with Crippen LogP contribution in [0.15, 0.2) is 26.7 Å². The Balaban J connectivity index is 0.00000420. The van der Waals surface area contributed by atoms with Crippen LogP contribution in [0, 0.1) is 0 Å². The van der Waals surface area contributed by atoms with Crippen LogP contribution in [0.2, 0.25) is 0 Å². The van der Waals surface area contributed by atoms with Gasteiger partial charge >= 0.3 is 6.09 Å². The molecule has 2 rings (SSSR count). The molecule has 12 heteroatoms. The molecule has 0 aliphatic carbocycles. The molecule has 2 heterocycles. The standard InChI is InChI=1S/C17H29N5O4S2.HI/c1-17(2,3)26-16(23)21-13-7-10-22(12-13)15(18-4)19-8-9-20-28(24,25)14-6-5-11-27-14;/h5-6,11,13,20H,7-10,12H2,1-4H3,(H,18,19)(H,21,23);1H. The summed E-state index contributed by atoms with van der Waals surface area (Å²) in [6, 6.07) is 3.25. The van der Waals surface area contributed by atoms with Crippen LogP contribution < -0.4 is 15.4 Å². The van der Waals surface area contributed by atoms with E-state index < -0.39 is 21.7 Å². The van der Waals surface area contributed by atoms with E-state index in [1.807, 2.05) is 25.7 Å². The number of alkyl carbamates (subject to hydrolysis) is 1. The van der Waals surface area contributed by atoms with Crippen molar-refractivity contribution in [3.8, 4) is 0 Å². The second-order valence-electron chi connectivity index (χ2n) is 7.38. The van der Waals surface area contributed by atoms with Crippen molar-refractivity contribution >= 4 is 57.4 Å². The topological polar surface area (TPSA) is 112 Å². The van der Waals surface area contributed by atoms with Gasteiger partial charge in [0, 0.05) is 33.2 Å². The van der Waals surface area contributed by atoms with Gasteiger partial charge in [-0.1, -0.05) is 6.07 Å². The minimum absolute atomic E-state index is 0. The number of sulfonamides is 1. The summed E-state index contributed by atoms with van der Waals surface area (Å²) in [7, 11) is -1.79. The predicted octanol–water partition coefficient (Wildman–Crippen LogP) is 1.82. The van der Waals surface area contributed by atoms with Gasteiger partial charge in [0.2, 0.25) is 10.0 Å². The summed E-state index contributed by atoms with van der Waals surface area (Å²) < 4.78 is 32.3. The summed E-state index contributed by atoms with van der Waals surface area (Å²) in [6.45, 7) is 7.47. The third-order valence-electron chi connectivity index (χ3n) is 3.88. The normalized spacial score (nSPS) is 17.6. The molecule has 1 fully saturated rings. The molecule has 3 N–H and O–H groups in total. The lowest BCUT2D eigenvalue weighted by molar-refractivity contribution is 0.0507. The van der Waals surface area contributed by atoms with Crippen LogP contribution in [-0.2, 0) is 14.8 Å². The Kier molecular flexibility index (Phi) is 10.1. The third kappa shape index (κ3) is 8.64. The Bertz CT molecular complexity index is 778. The molecular formula is C17H30IN5O4S2. The molecule has 0 spiro atoms. The number of nitrogens with one attached hydrogen (secondary N) is 3. The van der Waals surface area contributed by atoms with Crippen molar-refractivity contribution in [3.05, 3.63) is 17.5 Å². The van der Waals surface area contributed by atoms with Crippen molar-refractivity contribution < 1.29 is 17.9 Å². The lowest BCUT2D eigenvalue weighted by atomic mass is 10.2. The Labute approximate surface area is 193 Å². The smallest absolute Gasteiger partial charge is 0.407 e. The Hall–Kier alpha value is -1.12. The molecular weight excluding hydrogens is 529 g/mol. The number of halogens is 1. The number of hydrogen-bond donors (Lipinski definition) is 3. The average Bonchev–Trinajstić information content (AvgIpc) is 3.25. The van der Waals surface area contributed by atoms with Gasteiger partial charge in [0.25, 0.3) is 0 Å². The van der Waals surface area contributed by atoms with Crippen molar-refractivity contribution in [2.75, 3.05) is 33.2 Å². The summed E-state index contributed by atoms with van der Waals surface area (Å²) in [5.41, 5.74) is -0.531. The maximum absolute atomic E-state index is 12.1. The molecule has 9 nitrogen and oxygen atoms in total. The Morgan fingerprint density at radius 1 is 1.38 bits per heavy atom. The van der Waals surface area contributed by atoms with Crippen LogP contribution in [0.1, 0.15) is 27.2 Å². The number of amides is 1. The number of carbonyl (C=O) groups excluding carboxylic acids is 1. The fourth-order valence-corrected chi connectivity index (χ4v) is 4.79. The highest BCUT2D eigenvalue weighted by Gasteiger charge is 2.27. The van der Waals surface area contributed by atoms with Gasteiger partial charge in [-0.05, 0) is 38.6 Å². The largest absolute Gasteiger partial charge is 0.444 e. The lowest BCUT2D eigenvalue weighted by Gasteiger charge is -2.23. The number of carbonyl (C=O) groups is 1. The summed E-state index contributed by atoms with van der Waals surface area (Å²) in [5.74, 6) is 0.670. The molecule has 0 bridgehead atoms. The lowest BCUT2D eigenvalue weighted by Crippen LogP contribution is -2.45. The van der Waals surface area contributed by atoms with Gasteiger partial charge in [-0.15, -0.1) is 35.3 Å². The Morgan fingerprint density at radius 2 is 2.10 bits per heavy atom. The number of nitrogens with zero attached hydrogens (tertiary/aromatic N) is 2. The number of ether oxygens (including phenoxy) is 1. The molecule has 1 aliphatic heterocycles. The van der Waals surface area contributed by atoms with Gasteiger partial charge in [-0.3, -0.25) is 4.99 Å². The minimum atomic E-state index is -3.46. The van der Waals surface area contributed by atoms with E-state index in [-0.39, 0.29) is 36.6 Å².